The van der Waals surface area contributed by atoms with Crippen LogP contribution >= 0.6 is 11.3 Å². The zero-order chi connectivity index (χ0) is 13.0. The fourth-order valence-electron chi connectivity index (χ4n) is 2.46. The summed E-state index contributed by atoms with van der Waals surface area (Å²) in [5.41, 5.74) is 0. The number of carboxylic acids is 1. The van der Waals surface area contributed by atoms with Gasteiger partial charge in [0.25, 0.3) is 0 Å². The molecule has 1 aromatic heterocycles. The van der Waals surface area contributed by atoms with E-state index in [-0.39, 0.29) is 11.8 Å². The lowest BCUT2D eigenvalue weighted by atomic mass is 9.79. The van der Waals surface area contributed by atoms with E-state index in [9.17, 15) is 9.59 Å². The second-order valence-corrected chi connectivity index (χ2v) is 5.67. The topological polar surface area (TPSA) is 66.4 Å². The third-order valence-corrected chi connectivity index (χ3v) is 4.31. The van der Waals surface area contributed by atoms with Crippen LogP contribution in [0.25, 0.3) is 0 Å². The Morgan fingerprint density at radius 2 is 2.06 bits per heavy atom. The molecule has 1 aliphatic rings. The maximum absolute atomic E-state index is 12.0. The summed E-state index contributed by atoms with van der Waals surface area (Å²) in [5.74, 6) is -1.83. The van der Waals surface area contributed by atoms with Crippen molar-refractivity contribution in [3.05, 3.63) is 22.4 Å². The zero-order valence-electron chi connectivity index (χ0n) is 10.1. The van der Waals surface area contributed by atoms with E-state index >= 15 is 0 Å². The Hall–Kier alpha value is -1.36. The van der Waals surface area contributed by atoms with Crippen LogP contribution in [-0.2, 0) is 16.1 Å². The zero-order valence-corrected chi connectivity index (χ0v) is 10.9. The lowest BCUT2D eigenvalue weighted by Crippen LogP contribution is -2.39. The molecule has 1 aromatic rings. The van der Waals surface area contributed by atoms with E-state index < -0.39 is 11.9 Å². The minimum Gasteiger partial charge on any atom is -0.481 e. The Bertz CT molecular complexity index is 416. The van der Waals surface area contributed by atoms with Crippen LogP contribution in [-0.4, -0.2) is 17.0 Å². The van der Waals surface area contributed by atoms with Gasteiger partial charge in [0.15, 0.2) is 0 Å². The number of hydrogen-bond donors (Lipinski definition) is 2. The molecule has 1 aliphatic carbocycles. The molecule has 0 saturated heterocycles. The van der Waals surface area contributed by atoms with Gasteiger partial charge in [-0.15, -0.1) is 11.3 Å². The van der Waals surface area contributed by atoms with Gasteiger partial charge in [-0.3, -0.25) is 9.59 Å². The summed E-state index contributed by atoms with van der Waals surface area (Å²) in [6.45, 7) is 0.499. The first-order valence-corrected chi connectivity index (χ1v) is 7.09. The molecule has 0 bridgehead atoms. The highest BCUT2D eigenvalue weighted by molar-refractivity contribution is 7.09. The highest BCUT2D eigenvalue weighted by atomic mass is 32.1. The summed E-state index contributed by atoms with van der Waals surface area (Å²) in [6.07, 6.45) is 3.16. The van der Waals surface area contributed by atoms with E-state index in [4.69, 9.17) is 5.11 Å². The van der Waals surface area contributed by atoms with E-state index in [1.807, 2.05) is 17.5 Å². The third kappa shape index (κ3) is 3.10. The molecular weight excluding hydrogens is 250 g/mol. The monoisotopic (exact) mass is 267 g/mol. The first kappa shape index (κ1) is 13.1. The first-order valence-electron chi connectivity index (χ1n) is 6.21. The molecule has 0 aliphatic heterocycles. The number of nitrogens with one attached hydrogen (secondary N) is 1. The van der Waals surface area contributed by atoms with Crippen molar-refractivity contribution in [2.75, 3.05) is 0 Å². The summed E-state index contributed by atoms with van der Waals surface area (Å²) in [6, 6.07) is 3.90. The number of carbonyl (C=O) groups excluding carboxylic acids is 1. The third-order valence-electron chi connectivity index (χ3n) is 3.44. The van der Waals surface area contributed by atoms with Crippen molar-refractivity contribution in [3.8, 4) is 0 Å². The summed E-state index contributed by atoms with van der Waals surface area (Å²) in [7, 11) is 0. The Morgan fingerprint density at radius 1 is 1.33 bits per heavy atom. The average molecular weight is 267 g/mol. The molecule has 0 aromatic carbocycles. The molecule has 4 nitrogen and oxygen atoms in total. The van der Waals surface area contributed by atoms with E-state index in [0.29, 0.717) is 19.4 Å². The van der Waals surface area contributed by atoms with Crippen LogP contribution in [0.2, 0.25) is 0 Å². The van der Waals surface area contributed by atoms with E-state index in [2.05, 4.69) is 5.32 Å². The maximum Gasteiger partial charge on any atom is 0.307 e. The van der Waals surface area contributed by atoms with E-state index in [1.165, 1.54) is 0 Å². The quantitative estimate of drug-likeness (QED) is 0.879. The maximum atomic E-state index is 12.0. The fourth-order valence-corrected chi connectivity index (χ4v) is 3.10. The fraction of sp³-hybridized carbons (Fsp3) is 0.538. The van der Waals surface area contributed by atoms with Crippen LogP contribution in [0.4, 0.5) is 0 Å². The predicted octanol–water partition coefficient (Wildman–Crippen LogP) is 2.26. The van der Waals surface area contributed by atoms with Crippen LogP contribution in [0.1, 0.15) is 30.6 Å². The van der Waals surface area contributed by atoms with Gasteiger partial charge in [-0.1, -0.05) is 18.9 Å². The van der Waals surface area contributed by atoms with Gasteiger partial charge in [0.2, 0.25) is 5.91 Å². The standard InChI is InChI=1S/C13H17NO3S/c15-12(14-8-9-4-3-7-18-9)10-5-1-2-6-11(10)13(16)17/h3-4,7,10-11H,1-2,5-6,8H2,(H,14,15)(H,16,17)/t10-,11-/m1/s1. The van der Waals surface area contributed by atoms with Crippen molar-refractivity contribution < 1.29 is 14.7 Å². The molecule has 0 unspecified atom stereocenters. The van der Waals surface area contributed by atoms with Crippen molar-refractivity contribution in [2.24, 2.45) is 11.8 Å². The van der Waals surface area contributed by atoms with Crippen LogP contribution < -0.4 is 5.32 Å². The molecule has 0 radical (unpaired) electrons. The van der Waals surface area contributed by atoms with Crippen molar-refractivity contribution in [1.82, 2.24) is 5.32 Å². The van der Waals surface area contributed by atoms with E-state index in [0.717, 1.165) is 17.7 Å². The van der Waals surface area contributed by atoms with Crippen molar-refractivity contribution in [2.45, 2.75) is 32.2 Å². The first-order chi connectivity index (χ1) is 8.68. The number of thiophene rings is 1. The largest absolute Gasteiger partial charge is 0.481 e. The Labute approximate surface area is 110 Å². The molecule has 1 heterocycles. The van der Waals surface area contributed by atoms with Gasteiger partial charge < -0.3 is 10.4 Å². The minimum atomic E-state index is -0.842. The van der Waals surface area contributed by atoms with Crippen molar-refractivity contribution in [1.29, 1.82) is 0 Å². The summed E-state index contributed by atoms with van der Waals surface area (Å²) < 4.78 is 0. The van der Waals surface area contributed by atoms with Gasteiger partial charge in [-0.2, -0.15) is 0 Å². The van der Waals surface area contributed by atoms with Crippen molar-refractivity contribution >= 4 is 23.2 Å². The van der Waals surface area contributed by atoms with Gasteiger partial charge in [0, 0.05) is 4.88 Å². The van der Waals surface area contributed by atoms with Crippen LogP contribution in [0.5, 0.6) is 0 Å². The summed E-state index contributed by atoms with van der Waals surface area (Å²) in [5, 5.41) is 13.9. The SMILES string of the molecule is O=C(O)[C@@H]1CCCC[C@H]1C(=O)NCc1cccs1. The smallest absolute Gasteiger partial charge is 0.307 e. The van der Waals surface area contributed by atoms with Gasteiger partial charge in [0.1, 0.15) is 0 Å². The summed E-state index contributed by atoms with van der Waals surface area (Å²) in [4.78, 5) is 24.3. The van der Waals surface area contributed by atoms with Crippen LogP contribution in [0, 0.1) is 11.8 Å². The van der Waals surface area contributed by atoms with Gasteiger partial charge in [-0.25, -0.2) is 0 Å². The van der Waals surface area contributed by atoms with Crippen molar-refractivity contribution in [3.63, 3.8) is 0 Å². The molecule has 1 saturated carbocycles. The normalized spacial score (nSPS) is 23.6. The minimum absolute atomic E-state index is 0.115. The second-order valence-electron chi connectivity index (χ2n) is 4.63. The predicted molar refractivity (Wildman–Crippen MR) is 69.2 cm³/mol. The lowest BCUT2D eigenvalue weighted by Gasteiger charge is -2.27. The molecule has 1 fully saturated rings. The van der Waals surface area contributed by atoms with Gasteiger partial charge in [-0.05, 0) is 24.3 Å². The highest BCUT2D eigenvalue weighted by Crippen LogP contribution is 2.30. The number of rotatable bonds is 4. The number of carboxylic acid groups (broad SMARTS) is 1. The van der Waals surface area contributed by atoms with Gasteiger partial charge >= 0.3 is 5.97 Å². The Morgan fingerprint density at radius 3 is 2.67 bits per heavy atom. The number of hydrogen-bond acceptors (Lipinski definition) is 3. The molecule has 2 atom stereocenters. The number of carbonyl (C=O) groups is 2. The molecule has 98 valence electrons. The molecular formula is C13H17NO3S. The average Bonchev–Trinajstić information content (AvgIpc) is 2.89. The molecule has 1 amide bonds. The molecule has 18 heavy (non-hydrogen) atoms. The Kier molecular flexibility index (Phi) is 4.36. The molecule has 0 spiro atoms. The van der Waals surface area contributed by atoms with E-state index in [1.54, 1.807) is 11.3 Å². The second kappa shape index (κ2) is 6.00. The van der Waals surface area contributed by atoms with Crippen LogP contribution in [0.15, 0.2) is 17.5 Å². The number of aliphatic carboxylic acids is 1. The lowest BCUT2D eigenvalue weighted by molar-refractivity contribution is -0.148. The van der Waals surface area contributed by atoms with Gasteiger partial charge in [0.05, 0.1) is 18.4 Å². The molecule has 5 heteroatoms. The van der Waals surface area contributed by atoms with Crippen LogP contribution in [0.3, 0.4) is 0 Å². The number of amides is 1. The Balaban J connectivity index is 1.92. The molecule has 2 N–H and O–H groups in total. The summed E-state index contributed by atoms with van der Waals surface area (Å²) >= 11 is 1.59. The highest BCUT2D eigenvalue weighted by Gasteiger charge is 2.35. The molecule has 2 rings (SSSR count).